The third-order valence-electron chi connectivity index (χ3n) is 5.33. The summed E-state index contributed by atoms with van der Waals surface area (Å²) in [5.41, 5.74) is 4.48. The molecule has 0 spiro atoms. The van der Waals surface area contributed by atoms with Crippen LogP contribution in [0.15, 0.2) is 51.9 Å². The Morgan fingerprint density at radius 3 is 2.67 bits per heavy atom. The number of anilines is 1. The number of carboxylic acids is 1. The molecule has 4 rings (SSSR count). The van der Waals surface area contributed by atoms with Crippen molar-refractivity contribution in [2.24, 2.45) is 4.99 Å². The highest BCUT2D eigenvalue weighted by Crippen LogP contribution is 2.40. The van der Waals surface area contributed by atoms with Gasteiger partial charge in [-0.05, 0) is 90.0 Å². The molecule has 8 heteroatoms. The van der Waals surface area contributed by atoms with E-state index in [1.807, 2.05) is 31.2 Å². The van der Waals surface area contributed by atoms with Gasteiger partial charge < -0.3 is 15.2 Å². The maximum absolute atomic E-state index is 13.2. The Balaban J connectivity index is 1.60. The van der Waals surface area contributed by atoms with Gasteiger partial charge in [-0.25, -0.2) is 9.79 Å². The molecule has 1 aliphatic carbocycles. The number of aryl methyl sites for hydroxylation is 2. The predicted molar refractivity (Wildman–Crippen MR) is 135 cm³/mol. The summed E-state index contributed by atoms with van der Waals surface area (Å²) in [6, 6.07) is 13.0. The summed E-state index contributed by atoms with van der Waals surface area (Å²) >= 11 is 4.99. The molecule has 2 aromatic carbocycles. The lowest BCUT2D eigenvalue weighted by Gasteiger charge is -2.13. The van der Waals surface area contributed by atoms with E-state index < -0.39 is 12.6 Å². The molecule has 3 aromatic rings. The third-order valence-corrected chi connectivity index (χ3v) is 7.15. The molecular formula is C25H23BrN2O4S. The minimum Gasteiger partial charge on any atom is -0.481 e. The summed E-state index contributed by atoms with van der Waals surface area (Å²) in [7, 11) is 0. The number of fused-ring (bicyclic) bond motifs is 1. The van der Waals surface area contributed by atoms with Crippen molar-refractivity contribution in [2.75, 3.05) is 11.9 Å². The van der Waals surface area contributed by atoms with E-state index in [0.717, 1.165) is 48.1 Å². The highest BCUT2D eigenvalue weighted by molar-refractivity contribution is 9.10. The molecule has 0 radical (unpaired) electrons. The zero-order chi connectivity index (χ0) is 23.4. The molecule has 0 atom stereocenters. The molecule has 0 aliphatic heterocycles. The first-order valence-electron chi connectivity index (χ1n) is 10.6. The minimum absolute atomic E-state index is 0.135. The number of hydrogen-bond acceptors (Lipinski definition) is 5. The molecule has 2 N–H and O–H groups in total. The van der Waals surface area contributed by atoms with E-state index in [2.05, 4.69) is 26.2 Å². The largest absolute Gasteiger partial charge is 0.481 e. The minimum atomic E-state index is -1.04. The summed E-state index contributed by atoms with van der Waals surface area (Å²) in [4.78, 5) is 29.9. The molecule has 1 aliphatic rings. The van der Waals surface area contributed by atoms with Crippen LogP contribution in [0.5, 0.6) is 5.75 Å². The topological polar surface area (TPSA) is 88.0 Å². The zero-order valence-electron chi connectivity index (χ0n) is 18.1. The second-order valence-corrected chi connectivity index (χ2v) is 9.78. The van der Waals surface area contributed by atoms with Gasteiger partial charge in [-0.3, -0.25) is 4.79 Å². The molecule has 170 valence electrons. The predicted octanol–water partition coefficient (Wildman–Crippen LogP) is 6.16. The highest BCUT2D eigenvalue weighted by Gasteiger charge is 2.25. The van der Waals surface area contributed by atoms with E-state index in [9.17, 15) is 9.59 Å². The van der Waals surface area contributed by atoms with Gasteiger partial charge in [0.15, 0.2) is 6.61 Å². The number of halogens is 1. The van der Waals surface area contributed by atoms with Crippen LogP contribution in [-0.4, -0.2) is 29.8 Å². The van der Waals surface area contributed by atoms with E-state index in [0.29, 0.717) is 20.8 Å². The van der Waals surface area contributed by atoms with Gasteiger partial charge in [-0.15, -0.1) is 11.3 Å². The van der Waals surface area contributed by atoms with Crippen LogP contribution in [0, 0.1) is 6.92 Å². The number of hydrogen-bond donors (Lipinski definition) is 2. The molecular weight excluding hydrogens is 504 g/mol. The Kier molecular flexibility index (Phi) is 7.25. The molecule has 1 heterocycles. The monoisotopic (exact) mass is 526 g/mol. The molecule has 0 fully saturated rings. The number of aliphatic imine (C=N–C) groups is 1. The molecule has 6 nitrogen and oxygen atoms in total. The van der Waals surface area contributed by atoms with Crippen LogP contribution >= 0.6 is 27.3 Å². The average Bonchev–Trinajstić information content (AvgIpc) is 3.17. The van der Waals surface area contributed by atoms with Gasteiger partial charge in [0.1, 0.15) is 10.8 Å². The molecule has 0 bridgehead atoms. The number of aliphatic carboxylic acids is 1. The number of nitrogens with one attached hydrogen (secondary N) is 1. The van der Waals surface area contributed by atoms with Crippen molar-refractivity contribution in [3.05, 3.63) is 74.1 Å². The lowest BCUT2D eigenvalue weighted by molar-refractivity contribution is -0.139. The van der Waals surface area contributed by atoms with Gasteiger partial charge in [0.2, 0.25) is 0 Å². The van der Waals surface area contributed by atoms with Gasteiger partial charge in [-0.1, -0.05) is 17.7 Å². The fourth-order valence-electron chi connectivity index (χ4n) is 3.69. The summed E-state index contributed by atoms with van der Waals surface area (Å²) in [6.07, 6.45) is 5.77. The summed E-state index contributed by atoms with van der Waals surface area (Å²) in [5, 5.41) is 12.5. The third kappa shape index (κ3) is 5.69. The van der Waals surface area contributed by atoms with Crippen molar-refractivity contribution in [3.63, 3.8) is 0 Å². The number of carboxylic acid groups (broad SMARTS) is 1. The number of thiophene rings is 1. The number of benzene rings is 2. The number of ether oxygens (including phenoxy) is 1. The van der Waals surface area contributed by atoms with Crippen LogP contribution in [-0.2, 0) is 17.6 Å². The Labute approximate surface area is 204 Å². The van der Waals surface area contributed by atoms with E-state index in [4.69, 9.17) is 9.84 Å². The van der Waals surface area contributed by atoms with Crippen molar-refractivity contribution in [2.45, 2.75) is 32.6 Å². The summed E-state index contributed by atoms with van der Waals surface area (Å²) in [5.74, 6) is -0.728. The van der Waals surface area contributed by atoms with Gasteiger partial charge in [0.05, 0.1) is 10.0 Å². The number of rotatable bonds is 7. The van der Waals surface area contributed by atoms with Gasteiger partial charge in [0, 0.05) is 16.8 Å². The zero-order valence-corrected chi connectivity index (χ0v) is 20.5. The van der Waals surface area contributed by atoms with E-state index in [1.165, 1.54) is 4.88 Å². The molecule has 1 aromatic heterocycles. The number of carbonyl (C=O) groups excluding carboxylic acids is 1. The first-order chi connectivity index (χ1) is 15.9. The van der Waals surface area contributed by atoms with Crippen molar-refractivity contribution >= 4 is 56.0 Å². The SMILES string of the molecule is Cc1ccc(NC(=O)c2c(N=Cc3ccc(OCC(=O)O)c(Br)c3)sc3c2CCCC3)cc1. The molecule has 0 unspecified atom stereocenters. The number of carbonyl (C=O) groups is 2. The summed E-state index contributed by atoms with van der Waals surface area (Å²) < 4.78 is 5.88. The quantitative estimate of drug-likeness (QED) is 0.360. The Morgan fingerprint density at radius 1 is 1.18 bits per heavy atom. The molecule has 33 heavy (non-hydrogen) atoms. The standard InChI is InChI=1S/C25H23BrN2O4S/c1-15-6-9-17(10-7-15)28-24(31)23-18-4-2-3-5-21(18)33-25(23)27-13-16-8-11-20(19(26)12-16)32-14-22(29)30/h6-13H,2-5,14H2,1H3,(H,28,31)(H,29,30). The van der Waals surface area contributed by atoms with E-state index >= 15 is 0 Å². The molecule has 0 saturated heterocycles. The lowest BCUT2D eigenvalue weighted by atomic mass is 9.95. The Bertz CT molecular complexity index is 1220. The van der Waals surface area contributed by atoms with Crippen LogP contribution in [0.3, 0.4) is 0 Å². The fraction of sp³-hybridized carbons (Fsp3) is 0.240. The van der Waals surface area contributed by atoms with Crippen molar-refractivity contribution in [1.82, 2.24) is 0 Å². The van der Waals surface area contributed by atoms with Crippen LogP contribution in [0.2, 0.25) is 0 Å². The maximum Gasteiger partial charge on any atom is 0.341 e. The van der Waals surface area contributed by atoms with Crippen LogP contribution in [0.25, 0.3) is 0 Å². The lowest BCUT2D eigenvalue weighted by Crippen LogP contribution is -2.14. The normalized spacial score (nSPS) is 13.0. The maximum atomic E-state index is 13.2. The smallest absolute Gasteiger partial charge is 0.341 e. The van der Waals surface area contributed by atoms with E-state index in [-0.39, 0.29) is 5.91 Å². The van der Waals surface area contributed by atoms with Gasteiger partial charge in [-0.2, -0.15) is 0 Å². The summed E-state index contributed by atoms with van der Waals surface area (Å²) in [6.45, 7) is 1.60. The second-order valence-electron chi connectivity index (χ2n) is 7.84. The van der Waals surface area contributed by atoms with Crippen LogP contribution in [0.1, 0.15) is 44.8 Å². The molecule has 0 saturated carbocycles. The van der Waals surface area contributed by atoms with E-state index in [1.54, 1.807) is 35.8 Å². The first kappa shape index (κ1) is 23.2. The van der Waals surface area contributed by atoms with Crippen LogP contribution < -0.4 is 10.1 Å². The van der Waals surface area contributed by atoms with Crippen LogP contribution in [0.4, 0.5) is 10.7 Å². The van der Waals surface area contributed by atoms with Crippen molar-refractivity contribution < 1.29 is 19.4 Å². The second kappa shape index (κ2) is 10.3. The van der Waals surface area contributed by atoms with Crippen molar-refractivity contribution in [3.8, 4) is 5.75 Å². The highest BCUT2D eigenvalue weighted by atomic mass is 79.9. The molecule has 1 amide bonds. The Morgan fingerprint density at radius 2 is 1.94 bits per heavy atom. The van der Waals surface area contributed by atoms with Gasteiger partial charge in [0.25, 0.3) is 5.91 Å². The first-order valence-corrected chi connectivity index (χ1v) is 12.2. The Hall–Kier alpha value is -2.97. The van der Waals surface area contributed by atoms with Gasteiger partial charge >= 0.3 is 5.97 Å². The fourth-order valence-corrected chi connectivity index (χ4v) is 5.44. The number of nitrogens with zero attached hydrogens (tertiary/aromatic N) is 1. The van der Waals surface area contributed by atoms with Crippen molar-refractivity contribution in [1.29, 1.82) is 0 Å². The average molecular weight is 527 g/mol. The number of amides is 1.